The molecular weight excluding hydrogens is 210 g/mol. The molecule has 9 heteroatoms. The first-order valence-corrected chi connectivity index (χ1v) is 5.24. The van der Waals surface area contributed by atoms with Crippen LogP contribution in [-0.2, 0) is 30.0 Å². The van der Waals surface area contributed by atoms with E-state index in [1.807, 2.05) is 0 Å². The minimum Gasteiger partial charge on any atom is -0.276 e. The molecule has 0 fully saturated rings. The normalized spacial score (nSPS) is 14.5. The number of rotatable bonds is 6. The minimum atomic E-state index is -4.43. The van der Waals surface area contributed by atoms with E-state index < -0.39 is 21.7 Å². The van der Waals surface area contributed by atoms with Gasteiger partial charge in [0.1, 0.15) is 0 Å². The first-order valence-electron chi connectivity index (χ1n) is 2.80. The third-order valence-electron chi connectivity index (χ3n) is 0.673. The van der Waals surface area contributed by atoms with Gasteiger partial charge in [-0.15, -0.1) is 0 Å². The minimum absolute atomic E-state index is 0.201. The van der Waals surface area contributed by atoms with E-state index in [4.69, 9.17) is 4.55 Å². The summed E-state index contributed by atoms with van der Waals surface area (Å²) in [6.45, 7) is -0.584. The standard InChI is InChI=1S/C3H9NO6S2/c1-4-11(5)9-2-3-10-12(6,7)8/h4H,2-3H2,1H3,(H,6,7,8). The summed E-state index contributed by atoms with van der Waals surface area (Å²) in [5, 5.41) is 0. The van der Waals surface area contributed by atoms with E-state index >= 15 is 0 Å². The lowest BCUT2D eigenvalue weighted by Crippen LogP contribution is -2.17. The van der Waals surface area contributed by atoms with Crippen molar-refractivity contribution in [2.24, 2.45) is 0 Å². The molecule has 0 heterocycles. The second-order valence-electron chi connectivity index (χ2n) is 1.51. The molecule has 1 unspecified atom stereocenters. The molecule has 0 radical (unpaired) electrons. The Balaban J connectivity index is 3.40. The van der Waals surface area contributed by atoms with Crippen molar-refractivity contribution in [3.05, 3.63) is 0 Å². The molecular formula is C3H9NO6S2. The monoisotopic (exact) mass is 219 g/mol. The fraction of sp³-hybridized carbons (Fsp3) is 1.00. The Morgan fingerprint density at radius 2 is 2.08 bits per heavy atom. The largest absolute Gasteiger partial charge is 0.397 e. The van der Waals surface area contributed by atoms with Crippen LogP contribution in [0.4, 0.5) is 0 Å². The molecule has 0 spiro atoms. The van der Waals surface area contributed by atoms with Crippen LogP contribution in [0.1, 0.15) is 0 Å². The Morgan fingerprint density at radius 1 is 1.50 bits per heavy atom. The second kappa shape index (κ2) is 5.56. The van der Waals surface area contributed by atoms with Crippen molar-refractivity contribution < 1.29 is 25.5 Å². The van der Waals surface area contributed by atoms with E-state index in [2.05, 4.69) is 13.1 Å². The average Bonchev–Trinajstić information content (AvgIpc) is 1.96. The second-order valence-corrected chi connectivity index (χ2v) is 3.72. The molecule has 0 rings (SSSR count). The van der Waals surface area contributed by atoms with Crippen LogP contribution in [-0.4, -0.2) is 37.4 Å². The van der Waals surface area contributed by atoms with Crippen molar-refractivity contribution in [3.63, 3.8) is 0 Å². The van der Waals surface area contributed by atoms with Crippen molar-refractivity contribution in [1.29, 1.82) is 0 Å². The molecule has 0 aliphatic carbocycles. The number of hydrogen-bond donors (Lipinski definition) is 2. The third kappa shape index (κ3) is 8.04. The van der Waals surface area contributed by atoms with Gasteiger partial charge >= 0.3 is 10.4 Å². The van der Waals surface area contributed by atoms with Gasteiger partial charge in [0, 0.05) is 0 Å². The summed E-state index contributed by atoms with van der Waals surface area (Å²) < 4.78 is 48.9. The summed E-state index contributed by atoms with van der Waals surface area (Å²) in [6, 6.07) is 0. The number of nitrogens with one attached hydrogen (secondary N) is 1. The lowest BCUT2D eigenvalue weighted by Gasteiger charge is -2.00. The van der Waals surface area contributed by atoms with Crippen LogP contribution >= 0.6 is 0 Å². The highest BCUT2D eigenvalue weighted by atomic mass is 32.3. The predicted octanol–water partition coefficient (Wildman–Crippen LogP) is -1.38. The topological polar surface area (TPSA) is 102 Å². The van der Waals surface area contributed by atoms with Gasteiger partial charge in [0.15, 0.2) is 0 Å². The molecule has 0 aliphatic rings. The van der Waals surface area contributed by atoms with Crippen molar-refractivity contribution in [2.45, 2.75) is 0 Å². The predicted molar refractivity (Wildman–Crippen MR) is 40.7 cm³/mol. The van der Waals surface area contributed by atoms with Crippen LogP contribution < -0.4 is 4.72 Å². The summed E-state index contributed by atoms with van der Waals surface area (Å²) in [7, 11) is -3.03. The van der Waals surface area contributed by atoms with Crippen LogP contribution in [0.15, 0.2) is 0 Å². The zero-order chi connectivity index (χ0) is 9.61. The highest BCUT2D eigenvalue weighted by Crippen LogP contribution is 1.86. The van der Waals surface area contributed by atoms with Crippen molar-refractivity contribution in [3.8, 4) is 0 Å². The maximum Gasteiger partial charge on any atom is 0.397 e. The van der Waals surface area contributed by atoms with Gasteiger partial charge in [0.05, 0.1) is 13.2 Å². The lowest BCUT2D eigenvalue weighted by molar-refractivity contribution is 0.211. The SMILES string of the molecule is CNS(=O)OCCOS(=O)(=O)O. The summed E-state index contributed by atoms with van der Waals surface area (Å²) in [6.07, 6.45) is 0. The highest BCUT2D eigenvalue weighted by Gasteiger charge is 2.03. The van der Waals surface area contributed by atoms with Gasteiger partial charge in [-0.3, -0.25) is 8.74 Å². The molecule has 7 nitrogen and oxygen atoms in total. The Kier molecular flexibility index (Phi) is 5.53. The van der Waals surface area contributed by atoms with Crippen LogP contribution in [0.3, 0.4) is 0 Å². The van der Waals surface area contributed by atoms with Crippen LogP contribution in [0.2, 0.25) is 0 Å². The zero-order valence-electron chi connectivity index (χ0n) is 6.22. The molecule has 1 atom stereocenters. The van der Waals surface area contributed by atoms with E-state index in [1.165, 1.54) is 7.05 Å². The molecule has 0 bridgehead atoms. The molecule has 0 saturated heterocycles. The molecule has 2 N–H and O–H groups in total. The van der Waals surface area contributed by atoms with Gasteiger partial charge in [-0.05, 0) is 7.05 Å². The molecule has 74 valence electrons. The Labute approximate surface area is 72.8 Å². The van der Waals surface area contributed by atoms with Gasteiger partial charge < -0.3 is 0 Å². The quantitative estimate of drug-likeness (QED) is 0.421. The molecule has 0 aromatic rings. The van der Waals surface area contributed by atoms with Gasteiger partial charge in [0.25, 0.3) is 0 Å². The van der Waals surface area contributed by atoms with Crippen molar-refractivity contribution >= 4 is 21.7 Å². The Bertz CT molecular complexity index is 235. The molecule has 0 aromatic heterocycles. The molecule has 0 aromatic carbocycles. The maximum absolute atomic E-state index is 10.4. The van der Waals surface area contributed by atoms with Crippen molar-refractivity contribution in [1.82, 2.24) is 4.72 Å². The van der Waals surface area contributed by atoms with E-state index in [-0.39, 0.29) is 13.2 Å². The van der Waals surface area contributed by atoms with Crippen LogP contribution in [0, 0.1) is 0 Å². The highest BCUT2D eigenvalue weighted by molar-refractivity contribution is 7.80. The summed E-state index contributed by atoms with van der Waals surface area (Å²) in [5.41, 5.74) is 0. The summed E-state index contributed by atoms with van der Waals surface area (Å²) >= 11 is -1.66. The first kappa shape index (κ1) is 11.9. The summed E-state index contributed by atoms with van der Waals surface area (Å²) in [5.74, 6) is 0. The smallest absolute Gasteiger partial charge is 0.276 e. The van der Waals surface area contributed by atoms with E-state index in [9.17, 15) is 12.6 Å². The fourth-order valence-corrected chi connectivity index (χ4v) is 0.924. The summed E-state index contributed by atoms with van der Waals surface area (Å²) in [4.78, 5) is 0. The third-order valence-corrected chi connectivity index (χ3v) is 1.85. The van der Waals surface area contributed by atoms with Gasteiger partial charge in [0.2, 0.25) is 11.3 Å². The Hall–Kier alpha value is -0.0600. The van der Waals surface area contributed by atoms with Crippen molar-refractivity contribution in [2.75, 3.05) is 20.3 Å². The fourth-order valence-electron chi connectivity index (χ4n) is 0.308. The van der Waals surface area contributed by atoms with Gasteiger partial charge in [-0.1, -0.05) is 0 Å². The van der Waals surface area contributed by atoms with E-state index in [1.54, 1.807) is 0 Å². The average molecular weight is 219 g/mol. The first-order chi connectivity index (χ1) is 5.45. The zero-order valence-corrected chi connectivity index (χ0v) is 7.85. The number of hydrogen-bond acceptors (Lipinski definition) is 5. The molecule has 12 heavy (non-hydrogen) atoms. The van der Waals surface area contributed by atoms with Crippen LogP contribution in [0.25, 0.3) is 0 Å². The van der Waals surface area contributed by atoms with E-state index in [0.717, 1.165) is 0 Å². The maximum atomic E-state index is 10.4. The van der Waals surface area contributed by atoms with E-state index in [0.29, 0.717) is 0 Å². The molecule has 0 saturated carbocycles. The van der Waals surface area contributed by atoms with Gasteiger partial charge in [-0.25, -0.2) is 13.1 Å². The molecule has 0 amide bonds. The van der Waals surface area contributed by atoms with Crippen LogP contribution in [0.5, 0.6) is 0 Å². The lowest BCUT2D eigenvalue weighted by atomic mass is 10.8. The molecule has 0 aliphatic heterocycles. The van der Waals surface area contributed by atoms with Gasteiger partial charge in [-0.2, -0.15) is 8.42 Å². The Morgan fingerprint density at radius 3 is 2.50 bits per heavy atom.